The van der Waals surface area contributed by atoms with Crippen LogP contribution in [0.5, 0.6) is 0 Å². The van der Waals surface area contributed by atoms with E-state index in [0.717, 1.165) is 19.3 Å². The van der Waals surface area contributed by atoms with E-state index in [1.54, 1.807) is 24.3 Å². The molecule has 2 aromatic carbocycles. The van der Waals surface area contributed by atoms with Gasteiger partial charge in [0.1, 0.15) is 11.3 Å². The lowest BCUT2D eigenvalue weighted by atomic mass is 10.1. The maximum atomic E-state index is 13.0. The predicted octanol–water partition coefficient (Wildman–Crippen LogP) is 3.35. The molecule has 1 unspecified atom stereocenters. The third kappa shape index (κ3) is 3.94. The Balaban J connectivity index is 1.59. The maximum absolute atomic E-state index is 13.0. The van der Waals surface area contributed by atoms with Gasteiger partial charge in [-0.25, -0.2) is 8.42 Å². The zero-order valence-electron chi connectivity index (χ0n) is 17.0. The SMILES string of the molecule is CC1CCCCN1S(=O)(=O)c1ccc(C(=O)Nc2c(C(N)=O)oc3ccccc23)cc1. The van der Waals surface area contributed by atoms with E-state index >= 15 is 0 Å². The number of primary amides is 1. The molecule has 1 aromatic heterocycles. The molecule has 1 atom stereocenters. The Kier molecular flexibility index (Phi) is 5.55. The molecule has 1 aliphatic heterocycles. The second kappa shape index (κ2) is 8.16. The van der Waals surface area contributed by atoms with Crippen LogP contribution in [0.2, 0.25) is 0 Å². The van der Waals surface area contributed by atoms with Crippen molar-refractivity contribution in [2.45, 2.75) is 37.1 Å². The number of rotatable bonds is 5. The minimum absolute atomic E-state index is 0.0525. The van der Waals surface area contributed by atoms with Gasteiger partial charge in [-0.15, -0.1) is 0 Å². The molecule has 3 aromatic rings. The van der Waals surface area contributed by atoms with Gasteiger partial charge in [0.05, 0.1) is 4.90 Å². The second-order valence-electron chi connectivity index (χ2n) is 7.61. The average Bonchev–Trinajstić information content (AvgIpc) is 3.13. The third-order valence-electron chi connectivity index (χ3n) is 5.52. The van der Waals surface area contributed by atoms with E-state index in [1.807, 2.05) is 6.92 Å². The van der Waals surface area contributed by atoms with E-state index in [0.29, 0.717) is 17.5 Å². The zero-order chi connectivity index (χ0) is 22.2. The largest absolute Gasteiger partial charge is 0.449 e. The summed E-state index contributed by atoms with van der Waals surface area (Å²) in [6, 6.07) is 12.6. The predicted molar refractivity (Wildman–Crippen MR) is 116 cm³/mol. The van der Waals surface area contributed by atoms with E-state index in [4.69, 9.17) is 10.2 Å². The van der Waals surface area contributed by atoms with E-state index in [1.165, 1.54) is 28.6 Å². The van der Waals surface area contributed by atoms with Gasteiger partial charge >= 0.3 is 0 Å². The van der Waals surface area contributed by atoms with Crippen LogP contribution in [-0.4, -0.2) is 37.1 Å². The highest BCUT2D eigenvalue weighted by Gasteiger charge is 2.31. The number of hydrogen-bond acceptors (Lipinski definition) is 5. The summed E-state index contributed by atoms with van der Waals surface area (Å²) in [4.78, 5) is 24.7. The lowest BCUT2D eigenvalue weighted by Crippen LogP contribution is -2.41. The number of nitrogens with one attached hydrogen (secondary N) is 1. The van der Waals surface area contributed by atoms with Crippen LogP contribution in [0, 0.1) is 0 Å². The summed E-state index contributed by atoms with van der Waals surface area (Å²) in [5.41, 5.74) is 6.24. The lowest BCUT2D eigenvalue weighted by Gasteiger charge is -2.32. The van der Waals surface area contributed by atoms with Gasteiger partial charge < -0.3 is 15.5 Å². The Hall–Kier alpha value is -3.17. The molecule has 1 saturated heterocycles. The van der Waals surface area contributed by atoms with Gasteiger partial charge in [0.2, 0.25) is 15.8 Å². The van der Waals surface area contributed by atoms with Crippen LogP contribution in [0.3, 0.4) is 0 Å². The van der Waals surface area contributed by atoms with Crippen LogP contribution >= 0.6 is 0 Å². The fourth-order valence-electron chi connectivity index (χ4n) is 3.87. The second-order valence-corrected chi connectivity index (χ2v) is 9.50. The molecule has 2 heterocycles. The fraction of sp³-hybridized carbons (Fsp3) is 0.273. The van der Waals surface area contributed by atoms with Crippen LogP contribution in [0.4, 0.5) is 5.69 Å². The van der Waals surface area contributed by atoms with Crippen molar-refractivity contribution in [3.63, 3.8) is 0 Å². The Morgan fingerprint density at radius 1 is 1.10 bits per heavy atom. The normalized spacial score (nSPS) is 17.5. The molecular weight excluding hydrogens is 418 g/mol. The zero-order valence-corrected chi connectivity index (χ0v) is 17.8. The molecule has 162 valence electrons. The van der Waals surface area contributed by atoms with E-state index in [-0.39, 0.29) is 27.9 Å². The molecule has 1 fully saturated rings. The summed E-state index contributed by atoms with van der Waals surface area (Å²) < 4.78 is 32.9. The van der Waals surface area contributed by atoms with Gasteiger partial charge in [-0.2, -0.15) is 4.31 Å². The Bertz CT molecular complexity index is 1250. The lowest BCUT2D eigenvalue weighted by molar-refractivity contribution is 0.0977. The molecule has 0 radical (unpaired) electrons. The molecule has 0 aliphatic carbocycles. The van der Waals surface area contributed by atoms with Crippen LogP contribution < -0.4 is 11.1 Å². The van der Waals surface area contributed by atoms with E-state index in [9.17, 15) is 18.0 Å². The minimum atomic E-state index is -3.62. The number of anilines is 1. The van der Waals surface area contributed by atoms with Crippen molar-refractivity contribution in [1.29, 1.82) is 0 Å². The molecule has 3 N–H and O–H groups in total. The highest BCUT2D eigenvalue weighted by atomic mass is 32.2. The molecule has 2 amide bonds. The van der Waals surface area contributed by atoms with Crippen LogP contribution in [0.15, 0.2) is 57.8 Å². The molecule has 0 spiro atoms. The Morgan fingerprint density at radius 3 is 2.48 bits per heavy atom. The van der Waals surface area contributed by atoms with Gasteiger partial charge in [-0.3, -0.25) is 9.59 Å². The number of hydrogen-bond donors (Lipinski definition) is 2. The Labute approximate surface area is 180 Å². The molecular formula is C22H23N3O5S. The van der Waals surface area contributed by atoms with Crippen molar-refractivity contribution in [2.75, 3.05) is 11.9 Å². The molecule has 9 heteroatoms. The number of amides is 2. The highest BCUT2D eigenvalue weighted by Crippen LogP contribution is 2.31. The fourth-order valence-corrected chi connectivity index (χ4v) is 5.57. The summed E-state index contributed by atoms with van der Waals surface area (Å²) in [5, 5.41) is 3.21. The first-order valence-electron chi connectivity index (χ1n) is 10.0. The van der Waals surface area contributed by atoms with Gasteiger partial charge in [0.25, 0.3) is 11.8 Å². The quantitative estimate of drug-likeness (QED) is 0.629. The number of piperidine rings is 1. The van der Waals surface area contributed by atoms with Crippen molar-refractivity contribution in [1.82, 2.24) is 4.31 Å². The monoisotopic (exact) mass is 441 g/mol. The standard InChI is InChI=1S/C22H23N3O5S/c1-14-6-4-5-13-25(14)31(28,29)16-11-9-15(10-12-16)22(27)24-19-17-7-2-3-8-18(17)30-20(19)21(23)26/h2-3,7-12,14H,4-6,13H2,1H3,(H2,23,26)(H,24,27). The van der Waals surface area contributed by atoms with Crippen LogP contribution in [-0.2, 0) is 10.0 Å². The number of nitrogens with zero attached hydrogens (tertiary/aromatic N) is 1. The highest BCUT2D eigenvalue weighted by molar-refractivity contribution is 7.89. The first-order valence-corrected chi connectivity index (χ1v) is 11.5. The molecule has 0 saturated carbocycles. The first-order chi connectivity index (χ1) is 14.8. The summed E-state index contributed by atoms with van der Waals surface area (Å²) in [6.45, 7) is 2.40. The Morgan fingerprint density at radius 2 is 1.81 bits per heavy atom. The number of benzene rings is 2. The van der Waals surface area contributed by atoms with E-state index < -0.39 is 21.8 Å². The van der Waals surface area contributed by atoms with Crippen molar-refractivity contribution in [3.05, 3.63) is 59.9 Å². The molecule has 31 heavy (non-hydrogen) atoms. The van der Waals surface area contributed by atoms with Gasteiger partial charge in [0.15, 0.2) is 0 Å². The number of nitrogens with two attached hydrogens (primary N) is 1. The van der Waals surface area contributed by atoms with Crippen molar-refractivity contribution in [2.24, 2.45) is 5.73 Å². The molecule has 0 bridgehead atoms. The summed E-state index contributed by atoms with van der Waals surface area (Å²) in [6.07, 6.45) is 2.69. The van der Waals surface area contributed by atoms with Gasteiger partial charge in [0, 0.05) is 23.5 Å². The van der Waals surface area contributed by atoms with Crippen LogP contribution in [0.1, 0.15) is 47.1 Å². The van der Waals surface area contributed by atoms with Crippen molar-refractivity contribution < 1.29 is 22.4 Å². The number of carbonyl (C=O) groups is 2. The number of furan rings is 1. The number of para-hydroxylation sites is 1. The smallest absolute Gasteiger partial charge is 0.286 e. The number of carbonyl (C=O) groups excluding carboxylic acids is 2. The average molecular weight is 442 g/mol. The van der Waals surface area contributed by atoms with Gasteiger partial charge in [-0.1, -0.05) is 18.6 Å². The molecule has 8 nitrogen and oxygen atoms in total. The van der Waals surface area contributed by atoms with Crippen molar-refractivity contribution in [3.8, 4) is 0 Å². The first kappa shape index (κ1) is 21.1. The summed E-state index contributed by atoms with van der Waals surface area (Å²) in [7, 11) is -3.62. The van der Waals surface area contributed by atoms with Crippen molar-refractivity contribution >= 4 is 38.5 Å². The minimum Gasteiger partial charge on any atom is -0.449 e. The number of sulfonamides is 1. The molecule has 4 rings (SSSR count). The maximum Gasteiger partial charge on any atom is 0.286 e. The summed E-state index contributed by atoms with van der Waals surface area (Å²) in [5.74, 6) is -1.46. The topological polar surface area (TPSA) is 123 Å². The molecule has 1 aliphatic rings. The summed E-state index contributed by atoms with van der Waals surface area (Å²) >= 11 is 0. The van der Waals surface area contributed by atoms with E-state index in [2.05, 4.69) is 5.32 Å². The van der Waals surface area contributed by atoms with Crippen LogP contribution in [0.25, 0.3) is 11.0 Å². The van der Waals surface area contributed by atoms with Gasteiger partial charge in [-0.05, 0) is 56.2 Å². The third-order valence-corrected chi connectivity index (χ3v) is 7.55. The number of fused-ring (bicyclic) bond motifs is 1.